The fourth-order valence-corrected chi connectivity index (χ4v) is 3.54. The van der Waals surface area contributed by atoms with Gasteiger partial charge in [-0.1, -0.05) is 11.6 Å². The fourth-order valence-electron chi connectivity index (χ4n) is 3.37. The highest BCUT2D eigenvalue weighted by atomic mass is 35.5. The van der Waals surface area contributed by atoms with Crippen LogP contribution >= 0.6 is 11.6 Å². The molecule has 0 aliphatic carbocycles. The molecule has 0 fully saturated rings. The van der Waals surface area contributed by atoms with Gasteiger partial charge in [-0.25, -0.2) is 9.97 Å². The molecule has 9 heteroatoms. The zero-order chi connectivity index (χ0) is 19.3. The number of halogens is 1. The zero-order valence-corrected chi connectivity index (χ0v) is 16.1. The summed E-state index contributed by atoms with van der Waals surface area (Å²) >= 11 is 6.29. The SMILES string of the molecule is CC(C)OCc1nnc2n1Cc1c(-c3cnco3)ncn1-c1ccc(Cl)cc1-2. The van der Waals surface area contributed by atoms with Gasteiger partial charge in [0.2, 0.25) is 0 Å². The minimum absolute atomic E-state index is 0.0933. The van der Waals surface area contributed by atoms with Gasteiger partial charge in [-0.15, -0.1) is 10.2 Å². The van der Waals surface area contributed by atoms with Crippen LogP contribution in [0.25, 0.3) is 28.5 Å². The van der Waals surface area contributed by atoms with Crippen molar-refractivity contribution in [2.45, 2.75) is 33.1 Å². The number of aromatic nitrogens is 6. The van der Waals surface area contributed by atoms with Gasteiger partial charge in [0, 0.05) is 10.6 Å². The van der Waals surface area contributed by atoms with Gasteiger partial charge in [0.05, 0.1) is 30.2 Å². The maximum Gasteiger partial charge on any atom is 0.181 e. The lowest BCUT2D eigenvalue weighted by Gasteiger charge is -2.10. The second-order valence-electron chi connectivity index (χ2n) is 6.82. The molecule has 0 unspecified atom stereocenters. The van der Waals surface area contributed by atoms with Crippen LogP contribution in [-0.4, -0.2) is 35.4 Å². The van der Waals surface area contributed by atoms with Crippen LogP contribution in [0.1, 0.15) is 25.4 Å². The molecule has 0 amide bonds. The highest BCUT2D eigenvalue weighted by Crippen LogP contribution is 2.36. The summed E-state index contributed by atoms with van der Waals surface area (Å²) in [7, 11) is 0. The highest BCUT2D eigenvalue weighted by molar-refractivity contribution is 6.31. The molecule has 0 spiro atoms. The molecule has 4 aromatic rings. The summed E-state index contributed by atoms with van der Waals surface area (Å²) in [6.07, 6.45) is 4.93. The van der Waals surface area contributed by atoms with E-state index >= 15 is 0 Å². The standard InChI is InChI=1S/C19H17ClN6O2/c1-11(2)27-8-17-23-24-19-13-5-12(20)3-4-14(13)26-9-22-18(15(26)7-25(17)19)16-6-21-10-28-16/h3-6,9-11H,7-8H2,1-2H3. The molecule has 1 aromatic carbocycles. The Morgan fingerprint density at radius 2 is 2.18 bits per heavy atom. The number of hydrogen-bond acceptors (Lipinski definition) is 6. The molecule has 0 bridgehead atoms. The Labute approximate surface area is 165 Å². The average Bonchev–Trinajstić information content (AvgIpc) is 3.39. The average molecular weight is 397 g/mol. The molecule has 0 saturated heterocycles. The number of benzene rings is 1. The van der Waals surface area contributed by atoms with Crippen molar-refractivity contribution in [3.05, 3.63) is 53.7 Å². The Morgan fingerprint density at radius 1 is 1.29 bits per heavy atom. The Morgan fingerprint density at radius 3 is 2.96 bits per heavy atom. The van der Waals surface area contributed by atoms with Gasteiger partial charge in [0.1, 0.15) is 18.6 Å². The van der Waals surface area contributed by atoms with Crippen molar-refractivity contribution in [3.8, 4) is 28.5 Å². The van der Waals surface area contributed by atoms with Crippen molar-refractivity contribution in [3.63, 3.8) is 0 Å². The van der Waals surface area contributed by atoms with Gasteiger partial charge in [0.15, 0.2) is 23.8 Å². The molecule has 28 heavy (non-hydrogen) atoms. The van der Waals surface area contributed by atoms with Crippen LogP contribution in [0.15, 0.2) is 41.5 Å². The van der Waals surface area contributed by atoms with E-state index in [1.807, 2.05) is 41.2 Å². The summed E-state index contributed by atoms with van der Waals surface area (Å²) in [6, 6.07) is 5.71. The first-order valence-corrected chi connectivity index (χ1v) is 9.28. The number of fused-ring (bicyclic) bond motifs is 5. The van der Waals surface area contributed by atoms with E-state index in [-0.39, 0.29) is 6.10 Å². The van der Waals surface area contributed by atoms with Gasteiger partial charge in [0.25, 0.3) is 0 Å². The Balaban J connectivity index is 1.73. The van der Waals surface area contributed by atoms with Crippen LogP contribution in [0.3, 0.4) is 0 Å². The Kier molecular flexibility index (Phi) is 4.03. The van der Waals surface area contributed by atoms with E-state index in [4.69, 9.17) is 20.8 Å². The lowest BCUT2D eigenvalue weighted by Crippen LogP contribution is -2.11. The van der Waals surface area contributed by atoms with Gasteiger partial charge in [-0.2, -0.15) is 0 Å². The van der Waals surface area contributed by atoms with Crippen molar-refractivity contribution in [2.24, 2.45) is 0 Å². The molecule has 3 aromatic heterocycles. The second kappa shape index (κ2) is 6.57. The highest BCUT2D eigenvalue weighted by Gasteiger charge is 2.27. The topological polar surface area (TPSA) is 83.8 Å². The van der Waals surface area contributed by atoms with Gasteiger partial charge >= 0.3 is 0 Å². The van der Waals surface area contributed by atoms with Crippen molar-refractivity contribution in [1.29, 1.82) is 0 Å². The molecule has 1 aliphatic heterocycles. The van der Waals surface area contributed by atoms with Gasteiger partial charge in [-0.05, 0) is 32.0 Å². The molecule has 8 nitrogen and oxygen atoms in total. The number of ether oxygens (including phenoxy) is 1. The van der Waals surface area contributed by atoms with Crippen LogP contribution in [0.4, 0.5) is 0 Å². The Hall–Kier alpha value is -2.97. The van der Waals surface area contributed by atoms with Crippen molar-refractivity contribution >= 4 is 11.6 Å². The van der Waals surface area contributed by atoms with E-state index in [0.29, 0.717) is 23.9 Å². The second-order valence-corrected chi connectivity index (χ2v) is 7.26. The van der Waals surface area contributed by atoms with Crippen LogP contribution < -0.4 is 0 Å². The molecule has 5 rings (SSSR count). The third-order valence-corrected chi connectivity index (χ3v) is 4.91. The van der Waals surface area contributed by atoms with Crippen LogP contribution in [0.2, 0.25) is 5.02 Å². The third-order valence-electron chi connectivity index (χ3n) is 4.67. The summed E-state index contributed by atoms with van der Waals surface area (Å²) in [5, 5.41) is 9.44. The largest absolute Gasteiger partial charge is 0.442 e. The first kappa shape index (κ1) is 17.2. The molecule has 4 heterocycles. The van der Waals surface area contributed by atoms with Crippen LogP contribution in [-0.2, 0) is 17.9 Å². The van der Waals surface area contributed by atoms with Crippen LogP contribution in [0, 0.1) is 0 Å². The number of nitrogens with zero attached hydrogens (tertiary/aromatic N) is 6. The number of oxazole rings is 1. The van der Waals surface area contributed by atoms with E-state index in [0.717, 1.165) is 34.3 Å². The Bertz CT molecular complexity index is 1150. The van der Waals surface area contributed by atoms with Gasteiger partial charge < -0.3 is 13.7 Å². The first-order chi connectivity index (χ1) is 13.6. The normalized spacial score (nSPS) is 12.6. The summed E-state index contributed by atoms with van der Waals surface area (Å²) in [5.74, 6) is 2.10. The lowest BCUT2D eigenvalue weighted by molar-refractivity contribution is 0.0595. The number of rotatable bonds is 4. The lowest BCUT2D eigenvalue weighted by atomic mass is 10.1. The molecule has 0 radical (unpaired) electrons. The minimum Gasteiger partial charge on any atom is -0.442 e. The molecular formula is C19H17ClN6O2. The van der Waals surface area contributed by atoms with Crippen LogP contribution in [0.5, 0.6) is 0 Å². The van der Waals surface area contributed by atoms with E-state index in [1.165, 1.54) is 6.39 Å². The molecule has 0 N–H and O–H groups in total. The minimum atomic E-state index is 0.0933. The molecule has 1 aliphatic rings. The smallest absolute Gasteiger partial charge is 0.181 e. The molecular weight excluding hydrogens is 380 g/mol. The molecule has 142 valence electrons. The quantitative estimate of drug-likeness (QED) is 0.460. The predicted molar refractivity (Wildman–Crippen MR) is 102 cm³/mol. The van der Waals surface area contributed by atoms with E-state index < -0.39 is 0 Å². The summed E-state index contributed by atoms with van der Waals surface area (Å²) in [5.41, 5.74) is 3.50. The fraction of sp³-hybridized carbons (Fsp3) is 0.263. The zero-order valence-electron chi connectivity index (χ0n) is 15.3. The van der Waals surface area contributed by atoms with Gasteiger partial charge in [-0.3, -0.25) is 4.57 Å². The van der Waals surface area contributed by atoms with E-state index in [9.17, 15) is 0 Å². The third kappa shape index (κ3) is 2.73. The summed E-state index contributed by atoms with van der Waals surface area (Å²) in [6.45, 7) is 4.87. The molecule has 0 saturated carbocycles. The number of hydrogen-bond donors (Lipinski definition) is 0. The maximum atomic E-state index is 6.29. The van der Waals surface area contributed by atoms with Crippen molar-refractivity contribution < 1.29 is 9.15 Å². The maximum absolute atomic E-state index is 6.29. The monoisotopic (exact) mass is 396 g/mol. The first-order valence-electron chi connectivity index (χ1n) is 8.91. The number of imidazole rings is 1. The molecule has 0 atom stereocenters. The summed E-state index contributed by atoms with van der Waals surface area (Å²) < 4.78 is 15.3. The van der Waals surface area contributed by atoms with E-state index in [2.05, 4.69) is 20.2 Å². The summed E-state index contributed by atoms with van der Waals surface area (Å²) in [4.78, 5) is 8.60. The van der Waals surface area contributed by atoms with Crippen molar-refractivity contribution in [1.82, 2.24) is 29.3 Å². The van der Waals surface area contributed by atoms with Crippen molar-refractivity contribution in [2.75, 3.05) is 0 Å². The predicted octanol–water partition coefficient (Wildman–Crippen LogP) is 3.73. The van der Waals surface area contributed by atoms with E-state index in [1.54, 1.807) is 12.5 Å².